The monoisotopic (exact) mass is 307 g/mol. The number of para-hydroxylation sites is 1. The zero-order valence-electron chi connectivity index (χ0n) is 12.3. The SMILES string of the molecule is O=C(C1CCOc2ccccc21)N(CCCCl)C1CCC1. The van der Waals surface area contributed by atoms with Gasteiger partial charge in [-0.3, -0.25) is 4.79 Å². The summed E-state index contributed by atoms with van der Waals surface area (Å²) in [5.41, 5.74) is 1.05. The zero-order chi connectivity index (χ0) is 14.7. The molecule has 1 amide bonds. The van der Waals surface area contributed by atoms with E-state index in [1.165, 1.54) is 6.42 Å². The molecular formula is C17H22ClNO2. The predicted molar refractivity (Wildman–Crippen MR) is 84.0 cm³/mol. The lowest BCUT2D eigenvalue weighted by molar-refractivity contribution is -0.137. The van der Waals surface area contributed by atoms with Crippen LogP contribution in [0.15, 0.2) is 24.3 Å². The number of halogens is 1. The van der Waals surface area contributed by atoms with Crippen molar-refractivity contribution in [2.24, 2.45) is 0 Å². The van der Waals surface area contributed by atoms with Crippen molar-refractivity contribution in [2.45, 2.75) is 44.1 Å². The molecule has 114 valence electrons. The molecule has 1 saturated carbocycles. The normalized spacial score (nSPS) is 21.1. The number of carbonyl (C=O) groups excluding carboxylic acids is 1. The molecule has 1 aromatic carbocycles. The van der Waals surface area contributed by atoms with E-state index in [-0.39, 0.29) is 11.8 Å². The molecule has 0 bridgehead atoms. The van der Waals surface area contributed by atoms with Gasteiger partial charge in [0.2, 0.25) is 5.91 Å². The highest BCUT2D eigenvalue weighted by atomic mass is 35.5. The number of nitrogens with zero attached hydrogens (tertiary/aromatic N) is 1. The van der Waals surface area contributed by atoms with E-state index in [9.17, 15) is 4.79 Å². The smallest absolute Gasteiger partial charge is 0.230 e. The second kappa shape index (κ2) is 6.69. The predicted octanol–water partition coefficient (Wildman–Crippen LogP) is 3.56. The fraction of sp³-hybridized carbons (Fsp3) is 0.588. The maximum Gasteiger partial charge on any atom is 0.230 e. The molecule has 0 spiro atoms. The summed E-state index contributed by atoms with van der Waals surface area (Å²) in [6.07, 6.45) is 5.16. The molecule has 0 aromatic heterocycles. The number of hydrogen-bond acceptors (Lipinski definition) is 2. The van der Waals surface area contributed by atoms with Gasteiger partial charge < -0.3 is 9.64 Å². The van der Waals surface area contributed by atoms with Crippen molar-refractivity contribution in [1.82, 2.24) is 4.90 Å². The molecule has 1 aliphatic carbocycles. The van der Waals surface area contributed by atoms with Gasteiger partial charge in [-0.1, -0.05) is 18.2 Å². The van der Waals surface area contributed by atoms with E-state index in [1.807, 2.05) is 24.3 Å². The number of fused-ring (bicyclic) bond motifs is 1. The van der Waals surface area contributed by atoms with Crippen LogP contribution in [-0.2, 0) is 4.79 Å². The van der Waals surface area contributed by atoms with Crippen LogP contribution in [0.1, 0.15) is 43.6 Å². The number of benzene rings is 1. The standard InChI is InChI=1S/C17H22ClNO2/c18-10-4-11-19(13-5-3-6-13)17(20)15-9-12-21-16-8-2-1-7-14(15)16/h1-2,7-8,13,15H,3-6,9-12H2. The van der Waals surface area contributed by atoms with Crippen LogP contribution in [0.4, 0.5) is 0 Å². The van der Waals surface area contributed by atoms with E-state index in [0.717, 1.165) is 43.5 Å². The molecule has 3 rings (SSSR count). The second-order valence-electron chi connectivity index (χ2n) is 5.89. The van der Waals surface area contributed by atoms with Crippen LogP contribution in [0, 0.1) is 0 Å². The number of ether oxygens (including phenoxy) is 1. The summed E-state index contributed by atoms with van der Waals surface area (Å²) < 4.78 is 5.67. The first kappa shape index (κ1) is 14.7. The van der Waals surface area contributed by atoms with E-state index < -0.39 is 0 Å². The Morgan fingerprint density at radius 1 is 1.29 bits per heavy atom. The molecule has 1 atom stereocenters. The molecule has 1 aliphatic heterocycles. The van der Waals surface area contributed by atoms with Crippen LogP contribution in [0.3, 0.4) is 0 Å². The fourth-order valence-electron chi connectivity index (χ4n) is 3.20. The van der Waals surface area contributed by atoms with E-state index in [0.29, 0.717) is 18.5 Å². The first-order valence-electron chi connectivity index (χ1n) is 7.89. The van der Waals surface area contributed by atoms with Gasteiger partial charge in [0.1, 0.15) is 5.75 Å². The number of amides is 1. The highest BCUT2D eigenvalue weighted by Crippen LogP contribution is 2.36. The minimum Gasteiger partial charge on any atom is -0.493 e. The highest BCUT2D eigenvalue weighted by Gasteiger charge is 2.35. The first-order valence-corrected chi connectivity index (χ1v) is 8.43. The third-order valence-electron chi connectivity index (χ3n) is 4.59. The van der Waals surface area contributed by atoms with E-state index >= 15 is 0 Å². The van der Waals surface area contributed by atoms with Crippen LogP contribution >= 0.6 is 11.6 Å². The number of alkyl halides is 1. The van der Waals surface area contributed by atoms with Gasteiger partial charge in [0.05, 0.1) is 12.5 Å². The highest BCUT2D eigenvalue weighted by molar-refractivity contribution is 6.17. The Balaban J connectivity index is 1.79. The van der Waals surface area contributed by atoms with Crippen LogP contribution < -0.4 is 4.74 Å². The van der Waals surface area contributed by atoms with Gasteiger partial charge in [-0.2, -0.15) is 0 Å². The Bertz CT molecular complexity index is 501. The summed E-state index contributed by atoms with van der Waals surface area (Å²) in [6, 6.07) is 8.36. The second-order valence-corrected chi connectivity index (χ2v) is 6.26. The largest absolute Gasteiger partial charge is 0.493 e. The molecule has 1 fully saturated rings. The topological polar surface area (TPSA) is 29.5 Å². The average molecular weight is 308 g/mol. The van der Waals surface area contributed by atoms with Gasteiger partial charge in [0.25, 0.3) is 0 Å². The Hall–Kier alpha value is -1.22. The lowest BCUT2D eigenvalue weighted by Crippen LogP contribution is -2.47. The molecule has 1 aromatic rings. The summed E-state index contributed by atoms with van der Waals surface area (Å²) in [5.74, 6) is 1.69. The molecule has 0 N–H and O–H groups in total. The molecular weight excluding hydrogens is 286 g/mol. The molecule has 0 radical (unpaired) electrons. The summed E-state index contributed by atoms with van der Waals surface area (Å²) in [5, 5.41) is 0. The average Bonchev–Trinajstić information content (AvgIpc) is 2.48. The lowest BCUT2D eigenvalue weighted by Gasteiger charge is -2.40. The minimum absolute atomic E-state index is 0.0501. The molecule has 21 heavy (non-hydrogen) atoms. The van der Waals surface area contributed by atoms with Crippen molar-refractivity contribution >= 4 is 17.5 Å². The van der Waals surface area contributed by atoms with E-state index in [2.05, 4.69) is 4.90 Å². The quantitative estimate of drug-likeness (QED) is 0.778. The van der Waals surface area contributed by atoms with Gasteiger partial charge in [-0.05, 0) is 38.2 Å². The Kier molecular flexibility index (Phi) is 4.69. The van der Waals surface area contributed by atoms with Crippen molar-refractivity contribution in [1.29, 1.82) is 0 Å². The Morgan fingerprint density at radius 3 is 2.81 bits per heavy atom. The van der Waals surface area contributed by atoms with Crippen LogP contribution in [-0.4, -0.2) is 35.9 Å². The molecule has 1 unspecified atom stereocenters. The molecule has 2 aliphatic rings. The fourth-order valence-corrected chi connectivity index (χ4v) is 3.32. The van der Waals surface area contributed by atoms with Crippen LogP contribution in [0.2, 0.25) is 0 Å². The minimum atomic E-state index is -0.0501. The molecule has 3 nitrogen and oxygen atoms in total. The van der Waals surface area contributed by atoms with Crippen molar-refractivity contribution < 1.29 is 9.53 Å². The van der Waals surface area contributed by atoms with Gasteiger partial charge in [0.15, 0.2) is 0 Å². The van der Waals surface area contributed by atoms with Gasteiger partial charge >= 0.3 is 0 Å². The van der Waals surface area contributed by atoms with Crippen molar-refractivity contribution in [3.8, 4) is 5.75 Å². The lowest BCUT2D eigenvalue weighted by atomic mass is 9.87. The number of carbonyl (C=O) groups is 1. The Labute approximate surface area is 131 Å². The summed E-state index contributed by atoms with van der Waals surface area (Å²) in [7, 11) is 0. The van der Waals surface area contributed by atoms with Crippen molar-refractivity contribution in [3.05, 3.63) is 29.8 Å². The maximum absolute atomic E-state index is 13.0. The Morgan fingerprint density at radius 2 is 2.10 bits per heavy atom. The van der Waals surface area contributed by atoms with Gasteiger partial charge in [-0.25, -0.2) is 0 Å². The van der Waals surface area contributed by atoms with E-state index in [4.69, 9.17) is 16.3 Å². The number of rotatable bonds is 5. The third kappa shape index (κ3) is 3.03. The summed E-state index contributed by atoms with van der Waals surface area (Å²) in [6.45, 7) is 1.41. The maximum atomic E-state index is 13.0. The van der Waals surface area contributed by atoms with Crippen LogP contribution in [0.25, 0.3) is 0 Å². The summed E-state index contributed by atoms with van der Waals surface area (Å²) >= 11 is 5.83. The van der Waals surface area contributed by atoms with Crippen molar-refractivity contribution in [2.75, 3.05) is 19.0 Å². The summed E-state index contributed by atoms with van der Waals surface area (Å²) in [4.78, 5) is 15.1. The molecule has 4 heteroatoms. The number of hydrogen-bond donors (Lipinski definition) is 0. The molecule has 0 saturated heterocycles. The van der Waals surface area contributed by atoms with Crippen LogP contribution in [0.5, 0.6) is 5.75 Å². The van der Waals surface area contributed by atoms with Gasteiger partial charge in [-0.15, -0.1) is 11.6 Å². The zero-order valence-corrected chi connectivity index (χ0v) is 13.0. The first-order chi connectivity index (χ1) is 10.3. The van der Waals surface area contributed by atoms with Gasteiger partial charge in [0, 0.05) is 24.0 Å². The molecule has 1 heterocycles. The van der Waals surface area contributed by atoms with E-state index in [1.54, 1.807) is 0 Å². The van der Waals surface area contributed by atoms with Crippen molar-refractivity contribution in [3.63, 3.8) is 0 Å². The third-order valence-corrected chi connectivity index (χ3v) is 4.86.